The maximum absolute atomic E-state index is 13.3. The first-order valence-electron chi connectivity index (χ1n) is 14.3. The van der Waals surface area contributed by atoms with Crippen LogP contribution in [0.4, 0.5) is 5.69 Å². The van der Waals surface area contributed by atoms with Crippen molar-refractivity contribution in [1.29, 1.82) is 0 Å². The number of carbonyl (C=O) groups excluding carboxylic acids is 2. The fourth-order valence-electron chi connectivity index (χ4n) is 6.21. The highest BCUT2D eigenvalue weighted by Crippen LogP contribution is 2.38. The summed E-state index contributed by atoms with van der Waals surface area (Å²) in [6.45, 7) is 5.46. The van der Waals surface area contributed by atoms with E-state index >= 15 is 0 Å². The van der Waals surface area contributed by atoms with Gasteiger partial charge < -0.3 is 15.0 Å². The Kier molecular flexibility index (Phi) is 8.60. The number of methoxy groups -OCH3 is 1. The van der Waals surface area contributed by atoms with Gasteiger partial charge in [0.1, 0.15) is 11.4 Å². The van der Waals surface area contributed by atoms with Crippen LogP contribution in [0.2, 0.25) is 0 Å². The molecule has 3 aliphatic rings. The van der Waals surface area contributed by atoms with Crippen molar-refractivity contribution in [1.82, 2.24) is 29.9 Å². The van der Waals surface area contributed by atoms with Crippen molar-refractivity contribution in [2.24, 2.45) is 18.0 Å². The number of piperazine rings is 1. The Morgan fingerprint density at radius 3 is 2.46 bits per heavy atom. The molecule has 0 aromatic carbocycles. The number of nitrogens with one attached hydrogen (secondary N) is 1. The van der Waals surface area contributed by atoms with Gasteiger partial charge in [0.05, 0.1) is 18.8 Å². The first-order chi connectivity index (χ1) is 18.9. The molecule has 10 heteroatoms. The van der Waals surface area contributed by atoms with E-state index in [4.69, 9.17) is 14.7 Å². The van der Waals surface area contributed by atoms with E-state index in [0.29, 0.717) is 30.5 Å². The second-order valence-corrected chi connectivity index (χ2v) is 11.1. The number of pyridine rings is 1. The maximum atomic E-state index is 13.3. The predicted octanol–water partition coefficient (Wildman–Crippen LogP) is 3.28. The Bertz CT molecular complexity index is 1210. The minimum Gasteiger partial charge on any atom is -0.479 e. The van der Waals surface area contributed by atoms with Crippen molar-refractivity contribution in [2.75, 3.05) is 33.3 Å². The molecule has 0 spiro atoms. The van der Waals surface area contributed by atoms with Crippen molar-refractivity contribution >= 4 is 23.2 Å². The molecule has 2 amide bonds. The molecule has 1 unspecified atom stereocenters. The second kappa shape index (κ2) is 12.3. The molecule has 4 heterocycles. The number of hydrogen-bond donors (Lipinski definition) is 1. The van der Waals surface area contributed by atoms with Gasteiger partial charge in [0.2, 0.25) is 11.8 Å². The van der Waals surface area contributed by atoms with E-state index in [1.807, 2.05) is 4.90 Å². The molecule has 39 heavy (non-hydrogen) atoms. The molecule has 1 atom stereocenters. The summed E-state index contributed by atoms with van der Waals surface area (Å²) in [5.41, 5.74) is 4.36. The maximum Gasteiger partial charge on any atom is 0.270 e. The van der Waals surface area contributed by atoms with Gasteiger partial charge in [-0.2, -0.15) is 5.10 Å². The van der Waals surface area contributed by atoms with Gasteiger partial charge >= 0.3 is 0 Å². The zero-order valence-corrected chi connectivity index (χ0v) is 23.5. The second-order valence-electron chi connectivity index (χ2n) is 11.1. The summed E-state index contributed by atoms with van der Waals surface area (Å²) in [7, 11) is 3.43. The summed E-state index contributed by atoms with van der Waals surface area (Å²) in [5.74, 6) is 0.892. The number of carbonyl (C=O) groups is 2. The molecule has 5 rings (SSSR count). The van der Waals surface area contributed by atoms with Crippen LogP contribution in [0, 0.1) is 5.92 Å². The summed E-state index contributed by atoms with van der Waals surface area (Å²) in [5, 5.41) is 7.54. The highest BCUT2D eigenvalue weighted by atomic mass is 16.5. The molecule has 2 aromatic rings. The van der Waals surface area contributed by atoms with E-state index in [1.54, 1.807) is 38.0 Å². The quantitative estimate of drug-likeness (QED) is 0.584. The first kappa shape index (κ1) is 27.3. The number of aromatic nitrogens is 3. The predicted molar refractivity (Wildman–Crippen MR) is 149 cm³/mol. The van der Waals surface area contributed by atoms with Crippen LogP contribution in [-0.4, -0.2) is 81.4 Å². The Balaban J connectivity index is 1.36. The van der Waals surface area contributed by atoms with Crippen LogP contribution in [0.5, 0.6) is 5.88 Å². The molecule has 0 radical (unpaired) electrons. The molecule has 1 aliphatic carbocycles. The zero-order chi connectivity index (χ0) is 27.4. The lowest BCUT2D eigenvalue weighted by molar-refractivity contribution is -0.130. The van der Waals surface area contributed by atoms with Gasteiger partial charge in [-0.15, -0.1) is 0 Å². The van der Waals surface area contributed by atoms with E-state index in [2.05, 4.69) is 21.4 Å². The van der Waals surface area contributed by atoms with Gasteiger partial charge in [-0.25, -0.2) is 9.98 Å². The highest BCUT2D eigenvalue weighted by Gasteiger charge is 2.33. The first-order valence-corrected chi connectivity index (χ1v) is 14.3. The largest absolute Gasteiger partial charge is 0.479 e. The van der Waals surface area contributed by atoms with Crippen molar-refractivity contribution in [3.8, 4) is 5.88 Å². The molecule has 0 bridgehead atoms. The van der Waals surface area contributed by atoms with Gasteiger partial charge in [-0.1, -0.05) is 32.1 Å². The number of aryl methyl sites for hydroxylation is 1. The van der Waals surface area contributed by atoms with Crippen molar-refractivity contribution in [3.05, 3.63) is 35.3 Å². The number of amides is 2. The van der Waals surface area contributed by atoms with Gasteiger partial charge in [0.15, 0.2) is 0 Å². The van der Waals surface area contributed by atoms with Crippen molar-refractivity contribution in [3.63, 3.8) is 0 Å². The molecule has 2 aromatic heterocycles. The summed E-state index contributed by atoms with van der Waals surface area (Å²) in [4.78, 5) is 39.1. The molecular formula is C29H41N7O3. The number of ether oxygens (including phenoxy) is 1. The van der Waals surface area contributed by atoms with E-state index < -0.39 is 0 Å². The summed E-state index contributed by atoms with van der Waals surface area (Å²) in [6.07, 6.45) is 10.6. The average molecular weight is 536 g/mol. The monoisotopic (exact) mass is 535 g/mol. The molecule has 10 nitrogen and oxygen atoms in total. The van der Waals surface area contributed by atoms with Crippen molar-refractivity contribution in [2.45, 2.75) is 70.9 Å². The van der Waals surface area contributed by atoms with E-state index in [0.717, 1.165) is 61.7 Å². The summed E-state index contributed by atoms with van der Waals surface area (Å²) in [6, 6.07) is 3.75. The van der Waals surface area contributed by atoms with E-state index in [1.165, 1.54) is 32.1 Å². The molecule has 1 saturated heterocycles. The fraction of sp³-hybridized carbons (Fsp3) is 0.621. The van der Waals surface area contributed by atoms with Gasteiger partial charge in [-0.05, 0) is 36.5 Å². The number of aliphatic imine (C=N–C) groups is 1. The smallest absolute Gasteiger partial charge is 0.270 e. The Hall–Kier alpha value is -3.27. The SMILES string of the molecule is COc1nc(CN2CCN(C(C)=O)CC2)cc2c1N=C(C(NC(=O)c1ccnn1C)C1CCCCCCC1)C2. The minimum atomic E-state index is -0.147. The average Bonchev–Trinajstić information content (AvgIpc) is 3.53. The van der Waals surface area contributed by atoms with Crippen LogP contribution < -0.4 is 10.1 Å². The number of fused-ring (bicyclic) bond motifs is 1. The zero-order valence-electron chi connectivity index (χ0n) is 23.5. The molecule has 210 valence electrons. The molecule has 2 aliphatic heterocycles. The van der Waals surface area contributed by atoms with Gasteiger partial charge in [0.25, 0.3) is 5.91 Å². The van der Waals surface area contributed by atoms with Gasteiger partial charge in [-0.3, -0.25) is 19.2 Å². The lowest BCUT2D eigenvalue weighted by atomic mass is 9.83. The minimum absolute atomic E-state index is 0.115. The highest BCUT2D eigenvalue weighted by molar-refractivity contribution is 6.03. The third-order valence-corrected chi connectivity index (χ3v) is 8.44. The van der Waals surface area contributed by atoms with Crippen LogP contribution in [0.3, 0.4) is 0 Å². The van der Waals surface area contributed by atoms with Crippen LogP contribution in [0.15, 0.2) is 23.3 Å². The van der Waals surface area contributed by atoms with Crippen molar-refractivity contribution < 1.29 is 14.3 Å². The molecule has 1 saturated carbocycles. The van der Waals surface area contributed by atoms with Crippen LogP contribution in [0.1, 0.15) is 73.6 Å². The normalized spacial score (nSPS) is 19.6. The lowest BCUT2D eigenvalue weighted by Gasteiger charge is -2.34. The fourth-order valence-corrected chi connectivity index (χ4v) is 6.21. The van der Waals surface area contributed by atoms with Crippen LogP contribution in [0.25, 0.3) is 0 Å². The third kappa shape index (κ3) is 6.32. The molecule has 1 N–H and O–H groups in total. The van der Waals surface area contributed by atoms with Crippen LogP contribution in [-0.2, 0) is 24.8 Å². The topological polar surface area (TPSA) is 105 Å². The third-order valence-electron chi connectivity index (χ3n) is 8.44. The lowest BCUT2D eigenvalue weighted by Crippen LogP contribution is -2.47. The Labute approximate surface area is 230 Å². The molecule has 2 fully saturated rings. The molecular weight excluding hydrogens is 494 g/mol. The summed E-state index contributed by atoms with van der Waals surface area (Å²) >= 11 is 0. The van der Waals surface area contributed by atoms with E-state index in [-0.39, 0.29) is 17.9 Å². The number of rotatable bonds is 7. The van der Waals surface area contributed by atoms with Gasteiger partial charge in [0, 0.05) is 65.0 Å². The van der Waals surface area contributed by atoms with E-state index in [9.17, 15) is 9.59 Å². The summed E-state index contributed by atoms with van der Waals surface area (Å²) < 4.78 is 7.33. The Morgan fingerprint density at radius 1 is 1.10 bits per heavy atom. The number of nitrogens with zero attached hydrogens (tertiary/aromatic N) is 6. The Morgan fingerprint density at radius 2 is 1.82 bits per heavy atom. The standard InChI is InChI=1S/C29H41N7O3/c1-20(37)36-15-13-35(14-16-36)19-23-17-22-18-24(32-27(22)29(31-23)39-3)26(21-9-7-5-4-6-8-10-21)33-28(38)25-11-12-30-34(25)2/h11-12,17,21,26H,4-10,13-16,18-19H2,1-3H3,(H,33,38). The number of hydrogen-bond acceptors (Lipinski definition) is 7. The van der Waals surface area contributed by atoms with Crippen LogP contribution >= 0.6 is 0 Å².